The lowest BCUT2D eigenvalue weighted by Crippen LogP contribution is -2.26. The van der Waals surface area contributed by atoms with Crippen molar-refractivity contribution in [1.82, 2.24) is 25.2 Å². The van der Waals surface area contributed by atoms with Crippen LogP contribution >= 0.6 is 0 Å². The Balaban J connectivity index is 1.10. The maximum Gasteiger partial charge on any atom is 0.146 e. The summed E-state index contributed by atoms with van der Waals surface area (Å²) in [6, 6.07) is 21.6. The lowest BCUT2D eigenvalue weighted by Gasteiger charge is -2.15. The summed E-state index contributed by atoms with van der Waals surface area (Å²) in [6.07, 6.45) is 9.67. The maximum atomic E-state index is 6.31. The van der Waals surface area contributed by atoms with Crippen LogP contribution in [0, 0.1) is 5.92 Å². The van der Waals surface area contributed by atoms with E-state index in [1.807, 2.05) is 6.07 Å². The molecule has 1 fully saturated rings. The van der Waals surface area contributed by atoms with E-state index in [1.54, 1.807) is 6.33 Å². The standard InChI is InChI=1S/C29H36N6/c30-28-27-26(24-10-5-2-6-11-24)20-35(29(27)34-21-33-28)25-13-12-23(18-25)19-32-16-7-15-31-17-14-22-8-3-1-4-9-22/h1-6,8-11,20-21,23,25,31-32H,7,12-19H2,(H2,30,33,34). The largest absolute Gasteiger partial charge is 0.383 e. The average molecular weight is 469 g/mol. The van der Waals surface area contributed by atoms with Gasteiger partial charge in [-0.2, -0.15) is 0 Å². The maximum absolute atomic E-state index is 6.31. The number of anilines is 1. The molecule has 6 heteroatoms. The molecular weight excluding hydrogens is 432 g/mol. The minimum Gasteiger partial charge on any atom is -0.383 e. The zero-order valence-corrected chi connectivity index (χ0v) is 20.4. The summed E-state index contributed by atoms with van der Waals surface area (Å²) < 4.78 is 2.35. The van der Waals surface area contributed by atoms with Crippen molar-refractivity contribution in [3.63, 3.8) is 0 Å². The van der Waals surface area contributed by atoms with Crippen molar-refractivity contribution >= 4 is 16.9 Å². The van der Waals surface area contributed by atoms with Gasteiger partial charge in [0.1, 0.15) is 17.8 Å². The van der Waals surface area contributed by atoms with Gasteiger partial charge in [0.2, 0.25) is 0 Å². The molecule has 35 heavy (non-hydrogen) atoms. The molecule has 4 N–H and O–H groups in total. The molecule has 5 rings (SSSR count). The molecule has 2 aromatic carbocycles. The molecule has 0 radical (unpaired) electrons. The number of nitrogens with one attached hydrogen (secondary N) is 2. The number of aromatic nitrogens is 3. The molecule has 182 valence electrons. The molecule has 0 spiro atoms. The Morgan fingerprint density at radius 2 is 1.66 bits per heavy atom. The molecule has 0 saturated heterocycles. The summed E-state index contributed by atoms with van der Waals surface area (Å²) >= 11 is 0. The van der Waals surface area contributed by atoms with E-state index in [-0.39, 0.29) is 0 Å². The van der Waals surface area contributed by atoms with Crippen LogP contribution < -0.4 is 16.4 Å². The molecule has 0 bridgehead atoms. The van der Waals surface area contributed by atoms with Crippen LogP contribution in [0.4, 0.5) is 5.82 Å². The Morgan fingerprint density at radius 3 is 2.49 bits per heavy atom. The molecule has 1 aliphatic rings. The van der Waals surface area contributed by atoms with Crippen LogP contribution in [0.1, 0.15) is 37.3 Å². The van der Waals surface area contributed by atoms with Gasteiger partial charge in [0.15, 0.2) is 0 Å². The number of hydrogen-bond acceptors (Lipinski definition) is 5. The van der Waals surface area contributed by atoms with Crippen LogP contribution in [0.5, 0.6) is 0 Å². The van der Waals surface area contributed by atoms with E-state index in [2.05, 4.69) is 86.0 Å². The van der Waals surface area contributed by atoms with Crippen LogP contribution in [0.2, 0.25) is 0 Å². The molecule has 1 saturated carbocycles. The average Bonchev–Trinajstić information content (AvgIpc) is 3.52. The first-order valence-corrected chi connectivity index (χ1v) is 12.9. The molecule has 1 aliphatic carbocycles. The number of nitrogen functional groups attached to an aromatic ring is 1. The molecule has 2 unspecified atom stereocenters. The lowest BCUT2D eigenvalue weighted by atomic mass is 10.1. The molecule has 6 nitrogen and oxygen atoms in total. The Labute approximate surface area is 208 Å². The van der Waals surface area contributed by atoms with E-state index in [0.717, 1.165) is 61.2 Å². The summed E-state index contributed by atoms with van der Waals surface area (Å²) in [5.41, 5.74) is 10.9. The fourth-order valence-corrected chi connectivity index (χ4v) is 5.36. The van der Waals surface area contributed by atoms with E-state index >= 15 is 0 Å². The van der Waals surface area contributed by atoms with E-state index in [0.29, 0.717) is 17.8 Å². The second-order valence-electron chi connectivity index (χ2n) is 9.65. The van der Waals surface area contributed by atoms with E-state index < -0.39 is 0 Å². The van der Waals surface area contributed by atoms with E-state index in [4.69, 9.17) is 5.73 Å². The van der Waals surface area contributed by atoms with Gasteiger partial charge in [-0.3, -0.25) is 0 Å². The van der Waals surface area contributed by atoms with Gasteiger partial charge in [0.25, 0.3) is 0 Å². The first kappa shape index (κ1) is 23.5. The number of nitrogens with two attached hydrogens (primary N) is 1. The molecule has 4 aromatic rings. The van der Waals surface area contributed by atoms with Gasteiger partial charge < -0.3 is 20.9 Å². The number of nitrogens with zero attached hydrogens (tertiary/aromatic N) is 3. The van der Waals surface area contributed by atoms with Crippen LogP contribution in [0.3, 0.4) is 0 Å². The normalized spacial score (nSPS) is 17.8. The van der Waals surface area contributed by atoms with Crippen molar-refractivity contribution in [2.24, 2.45) is 5.92 Å². The third-order valence-electron chi connectivity index (χ3n) is 7.20. The Hall–Kier alpha value is -3.22. The van der Waals surface area contributed by atoms with Crippen LogP contribution in [-0.4, -0.2) is 40.7 Å². The smallest absolute Gasteiger partial charge is 0.146 e. The summed E-state index contributed by atoms with van der Waals surface area (Å²) in [5.74, 6) is 1.25. The summed E-state index contributed by atoms with van der Waals surface area (Å²) in [4.78, 5) is 8.92. The second kappa shape index (κ2) is 11.5. The molecule has 2 heterocycles. The van der Waals surface area contributed by atoms with Crippen LogP contribution in [0.15, 0.2) is 73.2 Å². The molecular formula is C29H36N6. The molecule has 0 amide bonds. The van der Waals surface area contributed by atoms with Crippen molar-refractivity contribution in [1.29, 1.82) is 0 Å². The van der Waals surface area contributed by atoms with Crippen molar-refractivity contribution in [2.75, 3.05) is 31.9 Å². The third-order valence-corrected chi connectivity index (χ3v) is 7.20. The SMILES string of the molecule is Nc1ncnc2c1c(-c1ccccc1)cn2C1CCC(CNCCCNCCc2ccccc2)C1. The predicted octanol–water partition coefficient (Wildman–Crippen LogP) is 4.83. The highest BCUT2D eigenvalue weighted by Gasteiger charge is 2.28. The molecule has 2 aromatic heterocycles. The minimum atomic E-state index is 0.454. The van der Waals surface area contributed by atoms with Gasteiger partial charge in [0.05, 0.1) is 5.39 Å². The summed E-state index contributed by atoms with van der Waals surface area (Å²) in [6.45, 7) is 4.25. The van der Waals surface area contributed by atoms with Gasteiger partial charge in [-0.25, -0.2) is 9.97 Å². The molecule has 0 aliphatic heterocycles. The van der Waals surface area contributed by atoms with Crippen molar-refractivity contribution < 1.29 is 0 Å². The fraction of sp³-hybridized carbons (Fsp3) is 0.379. The van der Waals surface area contributed by atoms with Crippen molar-refractivity contribution in [2.45, 2.75) is 38.1 Å². The quantitative estimate of drug-likeness (QED) is 0.275. The Kier molecular flexibility index (Phi) is 7.71. The van der Waals surface area contributed by atoms with Gasteiger partial charge in [-0.15, -0.1) is 0 Å². The van der Waals surface area contributed by atoms with Gasteiger partial charge in [-0.1, -0.05) is 60.7 Å². The van der Waals surface area contributed by atoms with Gasteiger partial charge in [0, 0.05) is 17.8 Å². The van der Waals surface area contributed by atoms with Crippen molar-refractivity contribution in [3.8, 4) is 11.1 Å². The Bertz CT molecular complexity index is 1200. The highest BCUT2D eigenvalue weighted by molar-refractivity contribution is 6.00. The molecule has 2 atom stereocenters. The third kappa shape index (κ3) is 5.72. The van der Waals surface area contributed by atoms with Crippen LogP contribution in [-0.2, 0) is 6.42 Å². The minimum absolute atomic E-state index is 0.454. The zero-order valence-electron chi connectivity index (χ0n) is 20.4. The van der Waals surface area contributed by atoms with E-state index in [1.165, 1.54) is 24.8 Å². The van der Waals surface area contributed by atoms with Gasteiger partial charge >= 0.3 is 0 Å². The zero-order chi connectivity index (χ0) is 23.9. The van der Waals surface area contributed by atoms with Gasteiger partial charge in [-0.05, 0) is 75.3 Å². The highest BCUT2D eigenvalue weighted by Crippen LogP contribution is 2.40. The first-order valence-electron chi connectivity index (χ1n) is 12.9. The summed E-state index contributed by atoms with van der Waals surface area (Å²) in [7, 11) is 0. The fourth-order valence-electron chi connectivity index (χ4n) is 5.36. The monoisotopic (exact) mass is 468 g/mol. The number of fused-ring (bicyclic) bond motifs is 1. The lowest BCUT2D eigenvalue weighted by molar-refractivity contribution is 0.452. The van der Waals surface area contributed by atoms with Crippen LogP contribution in [0.25, 0.3) is 22.2 Å². The predicted molar refractivity (Wildman–Crippen MR) is 144 cm³/mol. The van der Waals surface area contributed by atoms with Crippen molar-refractivity contribution in [3.05, 3.63) is 78.8 Å². The summed E-state index contributed by atoms with van der Waals surface area (Å²) in [5, 5.41) is 8.23. The second-order valence-corrected chi connectivity index (χ2v) is 9.65. The number of hydrogen-bond donors (Lipinski definition) is 3. The number of rotatable bonds is 11. The highest BCUT2D eigenvalue weighted by atomic mass is 15.1. The Morgan fingerprint density at radius 1 is 0.886 bits per heavy atom. The van der Waals surface area contributed by atoms with E-state index in [9.17, 15) is 0 Å². The topological polar surface area (TPSA) is 80.8 Å². The first-order chi connectivity index (χ1) is 17.3. The number of benzene rings is 2.